The summed E-state index contributed by atoms with van der Waals surface area (Å²) in [6.07, 6.45) is 0. The summed E-state index contributed by atoms with van der Waals surface area (Å²) in [5.41, 5.74) is 0.540. The summed E-state index contributed by atoms with van der Waals surface area (Å²) in [4.78, 5) is 23.7. The van der Waals surface area contributed by atoms with Crippen LogP contribution in [0.1, 0.15) is 48.4 Å². The fourth-order valence-electron chi connectivity index (χ4n) is 1.49. The molecule has 0 heterocycles. The zero-order chi connectivity index (χ0) is 15.4. The molecule has 6 nitrogen and oxygen atoms in total. The van der Waals surface area contributed by atoms with E-state index in [-0.39, 0.29) is 23.2 Å². The molecule has 6 heteroatoms. The molecule has 0 saturated heterocycles. The molecule has 0 unspecified atom stereocenters. The fraction of sp³-hybridized carbons (Fsp3) is 0.429. The van der Waals surface area contributed by atoms with Gasteiger partial charge < -0.3 is 0 Å². The molecule has 0 aliphatic rings. The highest BCUT2D eigenvalue weighted by molar-refractivity contribution is 5.97. The Balaban J connectivity index is 2.89. The lowest BCUT2D eigenvalue weighted by Gasteiger charge is -2.20. The molecule has 1 aromatic rings. The highest BCUT2D eigenvalue weighted by Crippen LogP contribution is 2.11. The predicted octanol–water partition coefficient (Wildman–Crippen LogP) is 2.17. The molecule has 0 aliphatic carbocycles. The molecular formula is C14H20N2O4. The van der Waals surface area contributed by atoms with E-state index in [4.69, 9.17) is 0 Å². The van der Waals surface area contributed by atoms with E-state index < -0.39 is 11.8 Å². The summed E-state index contributed by atoms with van der Waals surface area (Å²) in [6, 6.07) is 5.09. The van der Waals surface area contributed by atoms with Gasteiger partial charge in [0.15, 0.2) is 0 Å². The van der Waals surface area contributed by atoms with Crippen LogP contribution in [0.25, 0.3) is 0 Å². The van der Waals surface area contributed by atoms with E-state index in [1.54, 1.807) is 27.7 Å². The van der Waals surface area contributed by atoms with Crippen molar-refractivity contribution in [1.29, 1.82) is 0 Å². The lowest BCUT2D eigenvalue weighted by Crippen LogP contribution is -2.34. The molecule has 2 N–H and O–H groups in total. The van der Waals surface area contributed by atoms with Crippen molar-refractivity contribution in [2.75, 3.05) is 0 Å². The zero-order valence-electron chi connectivity index (χ0n) is 12.1. The molecule has 2 amide bonds. The van der Waals surface area contributed by atoms with Gasteiger partial charge in [-0.2, -0.15) is 0 Å². The minimum absolute atomic E-state index is 0.270. The van der Waals surface area contributed by atoms with Gasteiger partial charge in [-0.25, -0.2) is 10.1 Å². The van der Waals surface area contributed by atoms with Gasteiger partial charge in [0.2, 0.25) is 0 Å². The molecule has 1 aromatic carbocycles. The maximum Gasteiger partial charge on any atom is 0.277 e. The second-order valence-corrected chi connectivity index (χ2v) is 5.06. The maximum absolute atomic E-state index is 11.8. The van der Waals surface area contributed by atoms with Crippen molar-refractivity contribution in [2.45, 2.75) is 39.8 Å². The summed E-state index contributed by atoms with van der Waals surface area (Å²) < 4.78 is 0. The van der Waals surface area contributed by atoms with Gasteiger partial charge >= 0.3 is 0 Å². The van der Waals surface area contributed by atoms with Crippen molar-refractivity contribution >= 4 is 11.8 Å². The van der Waals surface area contributed by atoms with Gasteiger partial charge in [0.25, 0.3) is 11.8 Å². The number of benzene rings is 1. The molecule has 0 aliphatic heterocycles. The minimum atomic E-state index is -0.538. The van der Waals surface area contributed by atoms with Crippen LogP contribution < -0.4 is 0 Å². The van der Waals surface area contributed by atoms with Gasteiger partial charge in [0.1, 0.15) is 0 Å². The van der Waals surface area contributed by atoms with Crippen LogP contribution in [0.4, 0.5) is 0 Å². The van der Waals surface area contributed by atoms with Gasteiger partial charge in [0.05, 0.1) is 12.1 Å². The van der Waals surface area contributed by atoms with Crippen molar-refractivity contribution in [3.63, 3.8) is 0 Å². The molecule has 20 heavy (non-hydrogen) atoms. The second-order valence-electron chi connectivity index (χ2n) is 5.06. The van der Waals surface area contributed by atoms with Gasteiger partial charge in [-0.05, 0) is 52.0 Å². The second kappa shape index (κ2) is 6.49. The van der Waals surface area contributed by atoms with Crippen molar-refractivity contribution in [3.05, 3.63) is 35.4 Å². The van der Waals surface area contributed by atoms with Gasteiger partial charge in [0, 0.05) is 11.1 Å². The molecule has 0 atom stereocenters. The SMILES string of the molecule is CC(C)N(O)C(=O)c1ccc(C(=O)N(O)C(C)C)cc1. The Morgan fingerprint density at radius 3 is 1.25 bits per heavy atom. The first-order chi connectivity index (χ1) is 9.25. The number of rotatable bonds is 4. The number of carbonyl (C=O) groups is 2. The summed E-state index contributed by atoms with van der Waals surface area (Å²) in [7, 11) is 0. The van der Waals surface area contributed by atoms with E-state index >= 15 is 0 Å². The molecular weight excluding hydrogens is 260 g/mol. The summed E-state index contributed by atoms with van der Waals surface area (Å²) in [5, 5.41) is 20.4. The maximum atomic E-state index is 11.8. The molecule has 0 saturated carbocycles. The van der Waals surface area contributed by atoms with Crippen molar-refractivity contribution in [3.8, 4) is 0 Å². The van der Waals surface area contributed by atoms with Crippen LogP contribution in [0.5, 0.6) is 0 Å². The molecule has 0 spiro atoms. The number of amides is 2. The van der Waals surface area contributed by atoms with Crippen LogP contribution in [0.15, 0.2) is 24.3 Å². The monoisotopic (exact) mass is 280 g/mol. The van der Waals surface area contributed by atoms with Crippen LogP contribution in [-0.4, -0.2) is 44.4 Å². The normalized spacial score (nSPS) is 10.8. The van der Waals surface area contributed by atoms with Crippen molar-refractivity contribution in [2.24, 2.45) is 0 Å². The Morgan fingerprint density at radius 2 is 1.05 bits per heavy atom. The smallest absolute Gasteiger partial charge is 0.277 e. The van der Waals surface area contributed by atoms with Gasteiger partial charge in [-0.15, -0.1) is 0 Å². The van der Waals surface area contributed by atoms with Crippen LogP contribution in [-0.2, 0) is 0 Å². The molecule has 0 radical (unpaired) electrons. The summed E-state index contributed by atoms with van der Waals surface area (Å²) >= 11 is 0. The van der Waals surface area contributed by atoms with Crippen molar-refractivity contribution < 1.29 is 20.0 Å². The van der Waals surface area contributed by atoms with Crippen molar-refractivity contribution in [1.82, 2.24) is 10.1 Å². The Kier molecular flexibility index (Phi) is 5.24. The number of hydrogen-bond donors (Lipinski definition) is 2. The van der Waals surface area contributed by atoms with Crippen LogP contribution in [0.3, 0.4) is 0 Å². The standard InChI is InChI=1S/C14H20N2O4/c1-9(2)15(19)13(17)11-5-7-12(8-6-11)14(18)16(20)10(3)4/h5-10,19-20H,1-4H3. The summed E-state index contributed by atoms with van der Waals surface area (Å²) in [5.74, 6) is -1.08. The topological polar surface area (TPSA) is 81.1 Å². The molecule has 0 bridgehead atoms. The lowest BCUT2D eigenvalue weighted by atomic mass is 10.1. The lowest BCUT2D eigenvalue weighted by molar-refractivity contribution is -0.0797. The first-order valence-corrected chi connectivity index (χ1v) is 6.40. The third kappa shape index (κ3) is 3.55. The quantitative estimate of drug-likeness (QED) is 0.654. The highest BCUT2D eigenvalue weighted by atomic mass is 16.5. The molecule has 110 valence electrons. The van der Waals surface area contributed by atoms with Crippen LogP contribution in [0, 0.1) is 0 Å². The van der Waals surface area contributed by atoms with Gasteiger partial charge in [-0.3, -0.25) is 20.0 Å². The first-order valence-electron chi connectivity index (χ1n) is 6.40. The number of carbonyl (C=O) groups excluding carboxylic acids is 2. The Labute approximate surface area is 118 Å². The average Bonchev–Trinajstić information content (AvgIpc) is 2.44. The fourth-order valence-corrected chi connectivity index (χ4v) is 1.49. The van der Waals surface area contributed by atoms with E-state index in [0.717, 1.165) is 0 Å². The number of hydrogen-bond acceptors (Lipinski definition) is 4. The average molecular weight is 280 g/mol. The Morgan fingerprint density at radius 1 is 0.800 bits per heavy atom. The van der Waals surface area contributed by atoms with E-state index in [1.807, 2.05) is 0 Å². The van der Waals surface area contributed by atoms with Crippen LogP contribution >= 0.6 is 0 Å². The third-order valence-electron chi connectivity index (χ3n) is 2.77. The summed E-state index contributed by atoms with van der Waals surface area (Å²) in [6.45, 7) is 6.73. The number of nitrogens with zero attached hydrogens (tertiary/aromatic N) is 2. The van der Waals surface area contributed by atoms with E-state index in [2.05, 4.69) is 0 Å². The zero-order valence-corrected chi connectivity index (χ0v) is 12.1. The van der Waals surface area contributed by atoms with Gasteiger partial charge in [-0.1, -0.05) is 0 Å². The molecule has 0 fully saturated rings. The highest BCUT2D eigenvalue weighted by Gasteiger charge is 2.19. The van der Waals surface area contributed by atoms with E-state index in [0.29, 0.717) is 10.1 Å². The third-order valence-corrected chi connectivity index (χ3v) is 2.77. The molecule has 1 rings (SSSR count). The van der Waals surface area contributed by atoms with E-state index in [1.165, 1.54) is 24.3 Å². The van der Waals surface area contributed by atoms with E-state index in [9.17, 15) is 20.0 Å². The Bertz CT molecular complexity index is 437. The first kappa shape index (κ1) is 16.1. The Hall–Kier alpha value is -1.92. The van der Waals surface area contributed by atoms with Crippen LogP contribution in [0.2, 0.25) is 0 Å². The minimum Gasteiger partial charge on any atom is -0.285 e. The molecule has 0 aromatic heterocycles. The predicted molar refractivity (Wildman–Crippen MR) is 72.6 cm³/mol. The largest absolute Gasteiger partial charge is 0.285 e. The number of hydroxylamine groups is 4.